The van der Waals surface area contributed by atoms with Crippen molar-refractivity contribution in [2.45, 2.75) is 13.5 Å². The number of nitrogens with zero attached hydrogens (tertiary/aromatic N) is 1. The van der Waals surface area contributed by atoms with Crippen molar-refractivity contribution < 1.29 is 9.53 Å². The van der Waals surface area contributed by atoms with Gasteiger partial charge in [-0.25, -0.2) is 0 Å². The predicted octanol–water partition coefficient (Wildman–Crippen LogP) is 1.60. The van der Waals surface area contributed by atoms with Gasteiger partial charge in [0, 0.05) is 11.1 Å². The van der Waals surface area contributed by atoms with Gasteiger partial charge in [-0.3, -0.25) is 4.79 Å². The highest BCUT2D eigenvalue weighted by Gasteiger charge is 2.08. The van der Waals surface area contributed by atoms with Crippen LogP contribution in [0, 0.1) is 12.3 Å². The van der Waals surface area contributed by atoms with E-state index in [-0.39, 0.29) is 12.5 Å². The summed E-state index contributed by atoms with van der Waals surface area (Å²) >= 11 is 0. The normalized spacial score (nSPS) is 10.5. The lowest BCUT2D eigenvalue weighted by Gasteiger charge is -2.13. The van der Waals surface area contributed by atoms with Crippen LogP contribution in [0.5, 0.6) is 0 Å². The van der Waals surface area contributed by atoms with Gasteiger partial charge in [-0.2, -0.15) is 0 Å². The van der Waals surface area contributed by atoms with Gasteiger partial charge >= 0.3 is 5.97 Å². The molecular weight excluding hydrogens is 216 g/mol. The molecule has 1 aromatic heterocycles. The van der Waals surface area contributed by atoms with Crippen LogP contribution in [0.4, 0.5) is 0 Å². The number of esters is 1. The van der Waals surface area contributed by atoms with Gasteiger partial charge in [-0.1, -0.05) is 18.2 Å². The molecule has 1 heterocycles. The number of benzene rings is 1. The fourth-order valence-electron chi connectivity index (χ4n) is 1.89. The van der Waals surface area contributed by atoms with Crippen LogP contribution in [-0.4, -0.2) is 17.6 Å². The number of nitrogens with one attached hydrogen (secondary N) is 1. The molecule has 0 radical (unpaired) electrons. The van der Waals surface area contributed by atoms with Crippen LogP contribution in [0.15, 0.2) is 30.3 Å². The van der Waals surface area contributed by atoms with E-state index in [1.54, 1.807) is 6.07 Å². The van der Waals surface area contributed by atoms with Gasteiger partial charge in [-0.15, -0.1) is 0 Å². The van der Waals surface area contributed by atoms with Gasteiger partial charge in [-0.05, 0) is 19.1 Å². The summed E-state index contributed by atoms with van der Waals surface area (Å²) in [7, 11) is 1.37. The van der Waals surface area contributed by atoms with Gasteiger partial charge in [0.15, 0.2) is 0 Å². The van der Waals surface area contributed by atoms with Gasteiger partial charge in [0.05, 0.1) is 18.0 Å². The second kappa shape index (κ2) is 4.41. The molecule has 0 atom stereocenters. The number of fused-ring (bicyclic) bond motifs is 1. The van der Waals surface area contributed by atoms with Gasteiger partial charge < -0.3 is 14.7 Å². The number of ether oxygens (including phenoxy) is 1. The molecule has 0 spiro atoms. The lowest BCUT2D eigenvalue weighted by Crippen LogP contribution is -2.18. The van der Waals surface area contributed by atoms with Crippen LogP contribution in [-0.2, 0) is 16.1 Å². The molecular formula is C13H14N2O2. The van der Waals surface area contributed by atoms with Crippen molar-refractivity contribution in [2.75, 3.05) is 7.11 Å². The number of carbonyl (C=O) groups is 1. The first-order valence-electron chi connectivity index (χ1n) is 5.34. The van der Waals surface area contributed by atoms with E-state index in [4.69, 9.17) is 5.41 Å². The number of pyridine rings is 1. The molecule has 1 aromatic carbocycles. The number of aromatic nitrogens is 1. The fraction of sp³-hybridized carbons (Fsp3) is 0.231. The monoisotopic (exact) mass is 230 g/mol. The van der Waals surface area contributed by atoms with E-state index in [0.717, 1.165) is 16.6 Å². The standard InChI is InChI=1S/C13H14N2O2/c1-9-7-11(14)10-5-3-4-6-12(10)15(9)8-13(16)17-2/h3-7,14H,8H2,1-2H3. The smallest absolute Gasteiger partial charge is 0.325 e. The van der Waals surface area contributed by atoms with Crippen LogP contribution in [0.2, 0.25) is 0 Å². The summed E-state index contributed by atoms with van der Waals surface area (Å²) in [5.41, 5.74) is 1.75. The minimum atomic E-state index is -0.291. The Labute approximate surface area is 99.0 Å². The van der Waals surface area contributed by atoms with Gasteiger partial charge in [0.25, 0.3) is 0 Å². The van der Waals surface area contributed by atoms with Crippen molar-refractivity contribution in [3.63, 3.8) is 0 Å². The first-order chi connectivity index (χ1) is 8.13. The largest absolute Gasteiger partial charge is 0.468 e. The molecule has 4 heteroatoms. The Bertz CT molecular complexity index is 629. The quantitative estimate of drug-likeness (QED) is 0.797. The van der Waals surface area contributed by atoms with Crippen LogP contribution in [0.3, 0.4) is 0 Å². The Balaban J connectivity index is 2.69. The minimum absolute atomic E-state index is 0.170. The maximum Gasteiger partial charge on any atom is 0.325 e. The molecule has 0 unspecified atom stereocenters. The van der Waals surface area contributed by atoms with Crippen molar-refractivity contribution in [3.8, 4) is 0 Å². The summed E-state index contributed by atoms with van der Waals surface area (Å²) in [5.74, 6) is -0.291. The first-order valence-corrected chi connectivity index (χ1v) is 5.34. The molecule has 0 saturated heterocycles. The van der Waals surface area contributed by atoms with Crippen molar-refractivity contribution in [3.05, 3.63) is 41.4 Å². The number of aryl methyl sites for hydroxylation is 1. The molecule has 4 nitrogen and oxygen atoms in total. The van der Waals surface area contributed by atoms with E-state index in [0.29, 0.717) is 5.36 Å². The van der Waals surface area contributed by atoms with Crippen LogP contribution in [0.25, 0.3) is 10.9 Å². The number of para-hydroxylation sites is 1. The molecule has 2 rings (SSSR count). The van der Waals surface area contributed by atoms with E-state index in [2.05, 4.69) is 4.74 Å². The van der Waals surface area contributed by atoms with Crippen LogP contribution >= 0.6 is 0 Å². The molecule has 0 amide bonds. The molecule has 2 aromatic rings. The number of methoxy groups -OCH3 is 1. The summed E-state index contributed by atoms with van der Waals surface area (Å²) in [5, 5.41) is 9.21. The Morgan fingerprint density at radius 2 is 2.12 bits per heavy atom. The van der Waals surface area contributed by atoms with Crippen molar-refractivity contribution >= 4 is 16.9 Å². The Morgan fingerprint density at radius 1 is 1.41 bits per heavy atom. The molecule has 88 valence electrons. The highest BCUT2D eigenvalue weighted by molar-refractivity contribution is 5.80. The highest BCUT2D eigenvalue weighted by atomic mass is 16.5. The average Bonchev–Trinajstić information content (AvgIpc) is 2.34. The fourth-order valence-corrected chi connectivity index (χ4v) is 1.89. The van der Waals surface area contributed by atoms with E-state index in [1.165, 1.54) is 7.11 Å². The Kier molecular flexibility index (Phi) is 2.95. The third-order valence-electron chi connectivity index (χ3n) is 2.78. The zero-order valence-corrected chi connectivity index (χ0v) is 9.86. The van der Waals surface area contributed by atoms with E-state index < -0.39 is 0 Å². The second-order valence-electron chi connectivity index (χ2n) is 3.88. The molecule has 1 N–H and O–H groups in total. The Morgan fingerprint density at radius 3 is 2.82 bits per heavy atom. The number of rotatable bonds is 2. The summed E-state index contributed by atoms with van der Waals surface area (Å²) in [6.07, 6.45) is 0. The van der Waals surface area contributed by atoms with E-state index >= 15 is 0 Å². The highest BCUT2D eigenvalue weighted by Crippen LogP contribution is 2.12. The van der Waals surface area contributed by atoms with Crippen molar-refractivity contribution in [2.24, 2.45) is 0 Å². The average molecular weight is 230 g/mol. The lowest BCUT2D eigenvalue weighted by atomic mass is 10.1. The SMILES string of the molecule is COC(=O)Cn1c(C)cc(=N)c2ccccc21. The maximum atomic E-state index is 11.4. The predicted molar refractivity (Wildman–Crippen MR) is 64.5 cm³/mol. The molecule has 0 bridgehead atoms. The van der Waals surface area contributed by atoms with E-state index in [1.807, 2.05) is 35.8 Å². The second-order valence-corrected chi connectivity index (χ2v) is 3.88. The summed E-state index contributed by atoms with van der Waals surface area (Å²) in [6, 6.07) is 9.33. The molecule has 0 aliphatic heterocycles. The van der Waals surface area contributed by atoms with Gasteiger partial charge in [0.2, 0.25) is 0 Å². The van der Waals surface area contributed by atoms with E-state index in [9.17, 15) is 4.79 Å². The molecule has 0 fully saturated rings. The number of hydrogen-bond acceptors (Lipinski definition) is 3. The zero-order chi connectivity index (χ0) is 12.4. The minimum Gasteiger partial charge on any atom is -0.468 e. The molecule has 17 heavy (non-hydrogen) atoms. The third kappa shape index (κ3) is 2.06. The lowest BCUT2D eigenvalue weighted by molar-refractivity contribution is -0.141. The topological polar surface area (TPSA) is 55.1 Å². The molecule has 0 aliphatic carbocycles. The van der Waals surface area contributed by atoms with Crippen LogP contribution in [0.1, 0.15) is 5.69 Å². The number of carbonyl (C=O) groups excluding carboxylic acids is 1. The zero-order valence-electron chi connectivity index (χ0n) is 9.86. The van der Waals surface area contributed by atoms with Crippen LogP contribution < -0.4 is 5.36 Å². The van der Waals surface area contributed by atoms with Crippen molar-refractivity contribution in [1.29, 1.82) is 5.41 Å². The maximum absolute atomic E-state index is 11.4. The van der Waals surface area contributed by atoms with Crippen molar-refractivity contribution in [1.82, 2.24) is 4.57 Å². The molecule has 0 aliphatic rings. The first kappa shape index (κ1) is 11.4. The third-order valence-corrected chi connectivity index (χ3v) is 2.78. The molecule has 0 saturated carbocycles. The number of hydrogen-bond donors (Lipinski definition) is 1. The summed E-state index contributed by atoms with van der Waals surface area (Å²) in [6.45, 7) is 2.05. The van der Waals surface area contributed by atoms with Gasteiger partial charge in [0.1, 0.15) is 6.54 Å². The summed E-state index contributed by atoms with van der Waals surface area (Å²) < 4.78 is 6.54. The Hall–Kier alpha value is -2.10. The summed E-state index contributed by atoms with van der Waals surface area (Å²) in [4.78, 5) is 11.4.